The normalized spacial score (nSPS) is 14.6. The van der Waals surface area contributed by atoms with Crippen LogP contribution in [0.4, 0.5) is 5.69 Å². The predicted molar refractivity (Wildman–Crippen MR) is 104 cm³/mol. The molecule has 136 valence electrons. The topological polar surface area (TPSA) is 49.4 Å². The van der Waals surface area contributed by atoms with Crippen molar-refractivity contribution < 1.29 is 9.59 Å². The standard InChI is InChI=1S/C22H26N2O2/c1-17-10-4-5-11-18(17)16-21(25)23-20-13-7-6-12-19(20)22(26)24-14-8-2-3-9-15-24/h4-7,10-13H,2-3,8-9,14-16H2,1H3,(H,23,25). The third kappa shape index (κ3) is 4.51. The Morgan fingerprint density at radius 2 is 1.58 bits per heavy atom. The third-order valence-corrected chi connectivity index (χ3v) is 4.94. The highest BCUT2D eigenvalue weighted by Crippen LogP contribution is 2.20. The van der Waals surface area contributed by atoms with Gasteiger partial charge in [-0.2, -0.15) is 0 Å². The molecule has 0 unspecified atom stereocenters. The second-order valence-electron chi connectivity index (χ2n) is 6.90. The molecule has 0 radical (unpaired) electrons. The van der Waals surface area contributed by atoms with E-state index in [-0.39, 0.29) is 11.8 Å². The Kier molecular flexibility index (Phi) is 6.05. The van der Waals surface area contributed by atoms with Crippen LogP contribution in [0, 0.1) is 6.92 Å². The summed E-state index contributed by atoms with van der Waals surface area (Å²) in [6, 6.07) is 15.2. The van der Waals surface area contributed by atoms with Crippen molar-refractivity contribution in [1.82, 2.24) is 4.90 Å². The smallest absolute Gasteiger partial charge is 0.255 e. The highest BCUT2D eigenvalue weighted by Gasteiger charge is 2.20. The second kappa shape index (κ2) is 8.65. The zero-order valence-corrected chi connectivity index (χ0v) is 15.3. The van der Waals surface area contributed by atoms with Crippen LogP contribution in [0.2, 0.25) is 0 Å². The highest BCUT2D eigenvalue weighted by molar-refractivity contribution is 6.04. The Balaban J connectivity index is 1.73. The number of para-hydroxylation sites is 1. The Morgan fingerprint density at radius 3 is 2.31 bits per heavy atom. The van der Waals surface area contributed by atoms with Crippen molar-refractivity contribution in [1.29, 1.82) is 0 Å². The minimum atomic E-state index is -0.101. The largest absolute Gasteiger partial charge is 0.339 e. The summed E-state index contributed by atoms with van der Waals surface area (Å²) in [6.45, 7) is 3.59. The first-order valence-corrected chi connectivity index (χ1v) is 9.38. The first-order chi connectivity index (χ1) is 12.6. The first-order valence-electron chi connectivity index (χ1n) is 9.38. The summed E-state index contributed by atoms with van der Waals surface area (Å²) in [7, 11) is 0. The van der Waals surface area contributed by atoms with E-state index < -0.39 is 0 Å². The number of carbonyl (C=O) groups is 2. The zero-order chi connectivity index (χ0) is 18.4. The SMILES string of the molecule is Cc1ccccc1CC(=O)Nc1ccccc1C(=O)N1CCCCCC1. The molecule has 0 saturated carbocycles. The molecule has 26 heavy (non-hydrogen) atoms. The molecule has 1 N–H and O–H groups in total. The van der Waals surface area contributed by atoms with Crippen molar-refractivity contribution in [3.63, 3.8) is 0 Å². The number of rotatable bonds is 4. The molecule has 0 aromatic heterocycles. The number of carbonyl (C=O) groups excluding carboxylic acids is 2. The predicted octanol–water partition coefficient (Wildman–Crippen LogP) is 4.19. The van der Waals surface area contributed by atoms with Crippen molar-refractivity contribution in [3.05, 3.63) is 65.2 Å². The van der Waals surface area contributed by atoms with Gasteiger partial charge in [-0.1, -0.05) is 49.2 Å². The summed E-state index contributed by atoms with van der Waals surface area (Å²) in [5.41, 5.74) is 3.27. The molecule has 1 fully saturated rings. The molecule has 0 atom stereocenters. The van der Waals surface area contributed by atoms with Gasteiger partial charge in [0.1, 0.15) is 0 Å². The molecule has 2 amide bonds. The van der Waals surface area contributed by atoms with E-state index in [0.717, 1.165) is 37.1 Å². The molecule has 4 nitrogen and oxygen atoms in total. The summed E-state index contributed by atoms with van der Waals surface area (Å²) in [5, 5.41) is 2.94. The summed E-state index contributed by atoms with van der Waals surface area (Å²) in [6.07, 6.45) is 4.76. The Hall–Kier alpha value is -2.62. The van der Waals surface area contributed by atoms with Crippen molar-refractivity contribution in [2.75, 3.05) is 18.4 Å². The number of nitrogens with one attached hydrogen (secondary N) is 1. The fourth-order valence-electron chi connectivity index (χ4n) is 3.40. The number of aryl methyl sites for hydroxylation is 1. The van der Waals surface area contributed by atoms with E-state index in [1.165, 1.54) is 12.8 Å². The van der Waals surface area contributed by atoms with Crippen LogP contribution in [0.3, 0.4) is 0 Å². The molecule has 0 spiro atoms. The van der Waals surface area contributed by atoms with Gasteiger partial charge in [0.2, 0.25) is 5.91 Å². The maximum absolute atomic E-state index is 12.9. The maximum atomic E-state index is 12.9. The molecule has 4 heteroatoms. The molecular formula is C22H26N2O2. The number of hydrogen-bond donors (Lipinski definition) is 1. The van der Waals surface area contributed by atoms with Crippen LogP contribution in [0.15, 0.2) is 48.5 Å². The van der Waals surface area contributed by atoms with Crippen molar-refractivity contribution in [2.24, 2.45) is 0 Å². The van der Waals surface area contributed by atoms with Crippen LogP contribution in [0.25, 0.3) is 0 Å². The van der Waals surface area contributed by atoms with Gasteiger partial charge in [-0.25, -0.2) is 0 Å². The molecule has 1 aliphatic rings. The summed E-state index contributed by atoms with van der Waals surface area (Å²) in [4.78, 5) is 27.4. The van der Waals surface area contributed by atoms with Gasteiger partial charge in [0.25, 0.3) is 5.91 Å². The molecular weight excluding hydrogens is 324 g/mol. The van der Waals surface area contributed by atoms with E-state index in [2.05, 4.69) is 5.32 Å². The van der Waals surface area contributed by atoms with Crippen LogP contribution in [-0.4, -0.2) is 29.8 Å². The van der Waals surface area contributed by atoms with Gasteiger partial charge in [-0.3, -0.25) is 9.59 Å². The van der Waals surface area contributed by atoms with Crippen LogP contribution in [0.1, 0.15) is 47.2 Å². The fraction of sp³-hybridized carbons (Fsp3) is 0.364. The molecule has 3 rings (SSSR count). The number of anilines is 1. The molecule has 2 aromatic carbocycles. The van der Waals surface area contributed by atoms with Gasteiger partial charge in [-0.05, 0) is 43.0 Å². The molecule has 1 heterocycles. The number of benzene rings is 2. The van der Waals surface area contributed by atoms with Gasteiger partial charge in [0.15, 0.2) is 0 Å². The molecule has 0 bridgehead atoms. The van der Waals surface area contributed by atoms with Crippen molar-refractivity contribution in [2.45, 2.75) is 39.0 Å². The van der Waals surface area contributed by atoms with Gasteiger partial charge < -0.3 is 10.2 Å². The first kappa shape index (κ1) is 18.2. The van der Waals surface area contributed by atoms with Gasteiger partial charge >= 0.3 is 0 Å². The molecule has 1 saturated heterocycles. The number of hydrogen-bond acceptors (Lipinski definition) is 2. The molecule has 1 aliphatic heterocycles. The lowest BCUT2D eigenvalue weighted by Crippen LogP contribution is -2.32. The Labute approximate surface area is 155 Å². The second-order valence-corrected chi connectivity index (χ2v) is 6.90. The maximum Gasteiger partial charge on any atom is 0.255 e. The average molecular weight is 350 g/mol. The minimum absolute atomic E-state index is 0.0127. The van der Waals surface area contributed by atoms with Crippen LogP contribution >= 0.6 is 0 Å². The van der Waals surface area contributed by atoms with E-state index in [1.807, 2.05) is 48.2 Å². The lowest BCUT2D eigenvalue weighted by Gasteiger charge is -2.22. The number of nitrogens with zero attached hydrogens (tertiary/aromatic N) is 1. The van der Waals surface area contributed by atoms with Gasteiger partial charge in [-0.15, -0.1) is 0 Å². The quantitative estimate of drug-likeness (QED) is 0.899. The zero-order valence-electron chi connectivity index (χ0n) is 15.3. The molecule has 0 aliphatic carbocycles. The van der Waals surface area contributed by atoms with Crippen LogP contribution < -0.4 is 5.32 Å². The Bertz CT molecular complexity index is 777. The molecule has 2 aromatic rings. The fourth-order valence-corrected chi connectivity index (χ4v) is 3.40. The Morgan fingerprint density at radius 1 is 0.923 bits per heavy atom. The van der Waals surface area contributed by atoms with E-state index in [1.54, 1.807) is 12.1 Å². The third-order valence-electron chi connectivity index (χ3n) is 4.94. The summed E-state index contributed by atoms with van der Waals surface area (Å²) >= 11 is 0. The van der Waals surface area contributed by atoms with E-state index in [4.69, 9.17) is 0 Å². The van der Waals surface area contributed by atoms with Gasteiger partial charge in [0.05, 0.1) is 17.7 Å². The van der Waals surface area contributed by atoms with Crippen LogP contribution in [-0.2, 0) is 11.2 Å². The highest BCUT2D eigenvalue weighted by atomic mass is 16.2. The van der Waals surface area contributed by atoms with Crippen molar-refractivity contribution >= 4 is 17.5 Å². The lowest BCUT2D eigenvalue weighted by atomic mass is 10.1. The lowest BCUT2D eigenvalue weighted by molar-refractivity contribution is -0.115. The summed E-state index contributed by atoms with van der Waals surface area (Å²) < 4.78 is 0. The average Bonchev–Trinajstić information content (AvgIpc) is 2.93. The minimum Gasteiger partial charge on any atom is -0.339 e. The van der Waals surface area contributed by atoms with E-state index in [0.29, 0.717) is 17.7 Å². The van der Waals surface area contributed by atoms with Crippen LogP contribution in [0.5, 0.6) is 0 Å². The summed E-state index contributed by atoms with van der Waals surface area (Å²) in [5.74, 6) is -0.0888. The number of likely N-dealkylation sites (tertiary alicyclic amines) is 1. The van der Waals surface area contributed by atoms with Crippen molar-refractivity contribution in [3.8, 4) is 0 Å². The van der Waals surface area contributed by atoms with Gasteiger partial charge in [0, 0.05) is 13.1 Å². The van der Waals surface area contributed by atoms with E-state index in [9.17, 15) is 9.59 Å². The number of amides is 2. The van der Waals surface area contributed by atoms with E-state index >= 15 is 0 Å². The monoisotopic (exact) mass is 350 g/mol.